The third-order valence-electron chi connectivity index (χ3n) is 7.93. The number of hydrogen-bond donors (Lipinski definition) is 5. The highest BCUT2D eigenvalue weighted by Gasteiger charge is 2.23. The third kappa shape index (κ3) is 31.6. The summed E-state index contributed by atoms with van der Waals surface area (Å²) in [6.07, 6.45) is 26.2. The van der Waals surface area contributed by atoms with Gasteiger partial charge >= 0.3 is 19.8 Å². The van der Waals surface area contributed by atoms with E-state index in [1.54, 1.807) is 42.5 Å². The van der Waals surface area contributed by atoms with Crippen molar-refractivity contribution in [1.29, 1.82) is 0 Å². The zero-order valence-corrected chi connectivity index (χ0v) is 31.4. The lowest BCUT2D eigenvalue weighted by molar-refractivity contribution is -0.161. The molecule has 0 heterocycles. The Morgan fingerprint density at radius 1 is 0.700 bits per heavy atom. The first-order valence-electron chi connectivity index (χ1n) is 18.3. The number of rotatable bonds is 31. The zero-order valence-electron chi connectivity index (χ0n) is 30.5. The van der Waals surface area contributed by atoms with Gasteiger partial charge in [0.05, 0.1) is 24.9 Å². The molecule has 0 aliphatic carbocycles. The predicted octanol–water partition coefficient (Wildman–Crippen LogP) is 7.33. The SMILES string of the molecule is CC/C=C\C[C@H](O)/C=C/C=C/C=C\C=C/[C@@H](O)[C@H](O)CCCC(=O)O[C@H](COC(=O)CCCCCCCCCCC(C)CC)COP(=O)(O)O. The summed E-state index contributed by atoms with van der Waals surface area (Å²) in [5.74, 6) is -0.426. The van der Waals surface area contributed by atoms with Crippen molar-refractivity contribution >= 4 is 19.8 Å². The second-order valence-corrected chi connectivity index (χ2v) is 13.9. The van der Waals surface area contributed by atoms with Gasteiger partial charge in [0.15, 0.2) is 6.10 Å². The first-order valence-corrected chi connectivity index (χ1v) is 19.8. The van der Waals surface area contributed by atoms with Gasteiger partial charge in [-0.25, -0.2) is 4.57 Å². The van der Waals surface area contributed by atoms with Crippen molar-refractivity contribution in [3.8, 4) is 0 Å². The summed E-state index contributed by atoms with van der Waals surface area (Å²) in [6, 6.07) is 0. The summed E-state index contributed by atoms with van der Waals surface area (Å²) in [4.78, 5) is 42.7. The van der Waals surface area contributed by atoms with Crippen LogP contribution in [0.25, 0.3) is 0 Å². The number of aliphatic hydroxyl groups is 3. The van der Waals surface area contributed by atoms with Gasteiger partial charge in [-0.3, -0.25) is 14.1 Å². The summed E-state index contributed by atoms with van der Waals surface area (Å²) in [7, 11) is -4.85. The van der Waals surface area contributed by atoms with E-state index in [-0.39, 0.29) is 25.7 Å². The van der Waals surface area contributed by atoms with Crippen LogP contribution in [0.3, 0.4) is 0 Å². The second-order valence-electron chi connectivity index (χ2n) is 12.6. The van der Waals surface area contributed by atoms with E-state index >= 15 is 0 Å². The van der Waals surface area contributed by atoms with Gasteiger partial charge in [-0.2, -0.15) is 0 Å². The standard InChI is InChI=1S/C38H65O11P/c1-4-6-17-24-33(39)25-19-14-11-12-15-20-26-35(40)36(41)27-22-29-38(43)49-34(31-48-50(44,45)46)30-47-37(42)28-21-16-10-8-7-9-13-18-23-32(3)5-2/h6,11-12,14-15,17,19-20,25-26,32-36,39-41H,4-5,7-10,13,16,18,21-24,27-31H2,1-3H3,(H2,44,45,46)/b14-11+,15-12-,17-6-,25-19+,26-20-/t32?,33-,34+,35+,36+/m0/s1. The fourth-order valence-corrected chi connectivity index (χ4v) is 5.05. The van der Waals surface area contributed by atoms with E-state index in [0.29, 0.717) is 12.8 Å². The van der Waals surface area contributed by atoms with Crippen LogP contribution >= 0.6 is 7.82 Å². The smallest absolute Gasteiger partial charge is 0.462 e. The first kappa shape index (κ1) is 47.6. The molecule has 288 valence electrons. The van der Waals surface area contributed by atoms with Crippen molar-refractivity contribution in [3.05, 3.63) is 60.8 Å². The molecule has 11 nitrogen and oxygen atoms in total. The molecule has 0 bridgehead atoms. The average molecular weight is 729 g/mol. The summed E-state index contributed by atoms with van der Waals surface area (Å²) >= 11 is 0. The van der Waals surface area contributed by atoms with Gasteiger partial charge in [0, 0.05) is 12.8 Å². The van der Waals surface area contributed by atoms with Gasteiger partial charge < -0.3 is 34.6 Å². The fourth-order valence-electron chi connectivity index (χ4n) is 4.69. The largest absolute Gasteiger partial charge is 0.469 e. The Hall–Kier alpha value is -2.37. The van der Waals surface area contributed by atoms with E-state index < -0.39 is 57.4 Å². The molecule has 0 aromatic rings. The Bertz CT molecular complexity index is 1060. The summed E-state index contributed by atoms with van der Waals surface area (Å²) in [5.41, 5.74) is 0. The Morgan fingerprint density at radius 3 is 1.90 bits per heavy atom. The normalized spacial score (nSPS) is 15.8. The average Bonchev–Trinajstić information content (AvgIpc) is 3.07. The lowest BCUT2D eigenvalue weighted by atomic mass is 9.99. The number of carbonyl (C=O) groups is 2. The molecule has 0 aromatic carbocycles. The highest BCUT2D eigenvalue weighted by Crippen LogP contribution is 2.36. The minimum absolute atomic E-state index is 0.0850. The number of carbonyl (C=O) groups excluding carboxylic acids is 2. The molecule has 0 spiro atoms. The highest BCUT2D eigenvalue weighted by atomic mass is 31.2. The molecule has 50 heavy (non-hydrogen) atoms. The molecule has 5 N–H and O–H groups in total. The lowest BCUT2D eigenvalue weighted by Gasteiger charge is -2.19. The Morgan fingerprint density at radius 2 is 1.28 bits per heavy atom. The monoisotopic (exact) mass is 728 g/mol. The van der Waals surface area contributed by atoms with E-state index in [2.05, 4.69) is 18.4 Å². The minimum atomic E-state index is -4.85. The van der Waals surface area contributed by atoms with Gasteiger partial charge in [0.2, 0.25) is 0 Å². The molecule has 0 aromatic heterocycles. The lowest BCUT2D eigenvalue weighted by Crippen LogP contribution is -2.29. The second kappa shape index (κ2) is 31.4. The van der Waals surface area contributed by atoms with Gasteiger partial charge in [-0.15, -0.1) is 0 Å². The van der Waals surface area contributed by atoms with Crippen LogP contribution < -0.4 is 0 Å². The molecule has 0 fully saturated rings. The van der Waals surface area contributed by atoms with E-state index in [4.69, 9.17) is 19.3 Å². The molecule has 1 unspecified atom stereocenters. The molecule has 12 heteroatoms. The molecule has 0 radical (unpaired) electrons. The number of hydrogen-bond acceptors (Lipinski definition) is 9. The topological polar surface area (TPSA) is 180 Å². The number of unbranched alkanes of at least 4 members (excludes halogenated alkanes) is 7. The van der Waals surface area contributed by atoms with Crippen LogP contribution in [0, 0.1) is 5.92 Å². The van der Waals surface area contributed by atoms with Crippen molar-refractivity contribution in [2.75, 3.05) is 13.2 Å². The molecule has 0 saturated heterocycles. The van der Waals surface area contributed by atoms with Crippen molar-refractivity contribution in [3.63, 3.8) is 0 Å². The van der Waals surface area contributed by atoms with Crippen LogP contribution in [-0.4, -0.2) is 74.7 Å². The molecule has 0 aliphatic heterocycles. The van der Waals surface area contributed by atoms with Crippen molar-refractivity contribution in [2.45, 2.75) is 148 Å². The van der Waals surface area contributed by atoms with E-state index in [1.807, 2.05) is 19.1 Å². The van der Waals surface area contributed by atoms with Crippen LogP contribution in [0.2, 0.25) is 0 Å². The maximum atomic E-state index is 12.4. The maximum Gasteiger partial charge on any atom is 0.469 e. The predicted molar refractivity (Wildman–Crippen MR) is 197 cm³/mol. The molecular weight excluding hydrogens is 663 g/mol. The minimum Gasteiger partial charge on any atom is -0.462 e. The van der Waals surface area contributed by atoms with Crippen LogP contribution in [0.4, 0.5) is 0 Å². The third-order valence-corrected chi connectivity index (χ3v) is 8.42. The fraction of sp³-hybridized carbons (Fsp3) is 0.684. The van der Waals surface area contributed by atoms with Crippen molar-refractivity contribution < 1.29 is 53.3 Å². The Balaban J connectivity index is 4.40. The molecule has 0 saturated carbocycles. The summed E-state index contributed by atoms with van der Waals surface area (Å²) in [6.45, 7) is 5.47. The van der Waals surface area contributed by atoms with Crippen molar-refractivity contribution in [1.82, 2.24) is 0 Å². The quantitative estimate of drug-likeness (QED) is 0.0159. The number of allylic oxidation sites excluding steroid dienone is 7. The van der Waals surface area contributed by atoms with E-state index in [9.17, 15) is 29.5 Å². The number of phosphoric ester groups is 1. The van der Waals surface area contributed by atoms with Crippen LogP contribution in [0.5, 0.6) is 0 Å². The summed E-state index contributed by atoms with van der Waals surface area (Å²) in [5, 5.41) is 30.2. The number of phosphoric acid groups is 1. The van der Waals surface area contributed by atoms with E-state index in [0.717, 1.165) is 31.6 Å². The van der Waals surface area contributed by atoms with Gasteiger partial charge in [-0.1, -0.05) is 139 Å². The van der Waals surface area contributed by atoms with Crippen LogP contribution in [-0.2, 0) is 28.2 Å². The maximum absolute atomic E-state index is 12.4. The number of aliphatic hydroxyl groups excluding tert-OH is 3. The number of ether oxygens (including phenoxy) is 2. The molecule has 0 rings (SSSR count). The first-order chi connectivity index (χ1) is 23.9. The van der Waals surface area contributed by atoms with Gasteiger partial charge in [0.25, 0.3) is 0 Å². The molecule has 0 amide bonds. The summed E-state index contributed by atoms with van der Waals surface area (Å²) < 4.78 is 26.1. The highest BCUT2D eigenvalue weighted by molar-refractivity contribution is 7.46. The van der Waals surface area contributed by atoms with E-state index in [1.165, 1.54) is 44.6 Å². The van der Waals surface area contributed by atoms with Crippen molar-refractivity contribution in [2.24, 2.45) is 5.92 Å². The molecular formula is C38H65O11P. The van der Waals surface area contributed by atoms with Crippen LogP contribution in [0.15, 0.2) is 60.8 Å². The van der Waals surface area contributed by atoms with Gasteiger partial charge in [-0.05, 0) is 38.0 Å². The molecule has 0 aliphatic rings. The Kier molecular flexibility index (Phi) is 29.9. The zero-order chi connectivity index (χ0) is 37.5. The Labute approximate surface area is 300 Å². The molecule has 5 atom stereocenters. The van der Waals surface area contributed by atoms with Crippen LogP contribution in [0.1, 0.15) is 124 Å². The number of esters is 2. The van der Waals surface area contributed by atoms with Gasteiger partial charge in [0.1, 0.15) is 6.61 Å².